The smallest absolute Gasteiger partial charge is 0.309 e. The molecule has 3 saturated heterocycles. The number of aliphatic hydroxyl groups is 1. The fourth-order valence-electron chi connectivity index (χ4n) is 10.5. The number of carbonyl (C=O) groups is 5. The van der Waals surface area contributed by atoms with Crippen molar-refractivity contribution >= 4 is 30.2 Å². The minimum absolute atomic E-state index is 0.00917. The Morgan fingerprint density at radius 1 is 0.941 bits per heavy atom. The molecular formula is C51H83N3O14. The summed E-state index contributed by atoms with van der Waals surface area (Å²) in [6.07, 6.45) is -4.54. The summed E-state index contributed by atoms with van der Waals surface area (Å²) in [6.45, 7) is 16.1. The first kappa shape index (κ1) is 57.0. The standard InChI is InChI=1S/C51H83N3O14/c1-13-40(57)65-39-30-42(59)62-33(4)23-27-54(53(11)25-18-21-37-19-16-15-17-20-37)26-22-32(3)29-38(24-28-55)44(48(39)61-12)49-46(60)45(52(9)10)47(34(5)64-49)67-43-31-51(8,68-36(7)56)50(35(6)63-43)66-41(58)14-2/h15-17,19-20,28,32-35,38-39,43-50,60H,13-14,18,21-27,29-31H2,1-12H3/t32-,33+,34+,35-,38-,39+,43+,44-,45+,46+,47+,48+,49-,50-,51+/m0/s1. The van der Waals surface area contributed by atoms with Crippen molar-refractivity contribution in [2.24, 2.45) is 17.8 Å². The van der Waals surface area contributed by atoms with E-state index in [0.29, 0.717) is 25.9 Å². The minimum Gasteiger partial charge on any atom is -0.463 e. The zero-order chi connectivity index (χ0) is 50.3. The third kappa shape index (κ3) is 16.0. The highest BCUT2D eigenvalue weighted by Crippen LogP contribution is 2.43. The summed E-state index contributed by atoms with van der Waals surface area (Å²) in [5, 5.41) is 17.3. The number of cyclic esters (lactones) is 1. The van der Waals surface area contributed by atoms with Crippen molar-refractivity contribution in [1.82, 2.24) is 14.9 Å². The summed E-state index contributed by atoms with van der Waals surface area (Å²) < 4.78 is 49.8. The predicted molar refractivity (Wildman–Crippen MR) is 253 cm³/mol. The van der Waals surface area contributed by atoms with Crippen LogP contribution < -0.4 is 0 Å². The van der Waals surface area contributed by atoms with Gasteiger partial charge in [0.2, 0.25) is 0 Å². The van der Waals surface area contributed by atoms with E-state index in [1.54, 1.807) is 27.7 Å². The van der Waals surface area contributed by atoms with Crippen molar-refractivity contribution in [3.05, 3.63) is 35.9 Å². The number of carbonyl (C=O) groups excluding carboxylic acids is 5. The molecule has 386 valence electrons. The van der Waals surface area contributed by atoms with Gasteiger partial charge in [-0.1, -0.05) is 51.1 Å². The molecule has 4 rings (SSSR count). The lowest BCUT2D eigenvalue weighted by atomic mass is 9.71. The van der Waals surface area contributed by atoms with E-state index in [1.165, 1.54) is 19.6 Å². The summed E-state index contributed by atoms with van der Waals surface area (Å²) in [5.74, 6) is -3.33. The van der Waals surface area contributed by atoms with Crippen LogP contribution in [0.2, 0.25) is 0 Å². The van der Waals surface area contributed by atoms with Crippen molar-refractivity contribution in [2.45, 2.75) is 192 Å². The zero-order valence-electron chi connectivity index (χ0n) is 42.8. The summed E-state index contributed by atoms with van der Waals surface area (Å²) in [7, 11) is 7.19. The number of nitrogens with zero attached hydrogens (tertiary/aromatic N) is 3. The molecule has 0 saturated carbocycles. The molecule has 1 N–H and O–H groups in total. The van der Waals surface area contributed by atoms with E-state index in [-0.39, 0.29) is 38.0 Å². The van der Waals surface area contributed by atoms with Crippen LogP contribution in [-0.2, 0) is 68.3 Å². The first-order valence-electron chi connectivity index (χ1n) is 24.8. The van der Waals surface area contributed by atoms with Crippen LogP contribution in [0.15, 0.2) is 30.3 Å². The van der Waals surface area contributed by atoms with Gasteiger partial charge in [0.15, 0.2) is 18.0 Å². The Morgan fingerprint density at radius 2 is 1.60 bits per heavy atom. The third-order valence-corrected chi connectivity index (χ3v) is 13.9. The molecule has 3 fully saturated rings. The van der Waals surface area contributed by atoms with E-state index in [0.717, 1.165) is 32.1 Å². The molecule has 68 heavy (non-hydrogen) atoms. The number of hydrazine groups is 1. The Bertz CT molecular complexity index is 1740. The van der Waals surface area contributed by atoms with E-state index >= 15 is 0 Å². The van der Waals surface area contributed by atoms with Crippen LogP contribution in [0, 0.1) is 17.8 Å². The summed E-state index contributed by atoms with van der Waals surface area (Å²) in [5.41, 5.74) is -0.0236. The monoisotopic (exact) mass is 962 g/mol. The molecule has 1 aromatic rings. The zero-order valence-corrected chi connectivity index (χ0v) is 42.8. The van der Waals surface area contributed by atoms with Crippen molar-refractivity contribution in [3.63, 3.8) is 0 Å². The quantitative estimate of drug-likeness (QED) is 0.120. The van der Waals surface area contributed by atoms with Crippen LogP contribution in [-0.4, -0.2) is 171 Å². The highest BCUT2D eigenvalue weighted by molar-refractivity contribution is 5.73. The van der Waals surface area contributed by atoms with Gasteiger partial charge in [-0.05, 0) is 91.3 Å². The molecule has 0 aliphatic carbocycles. The highest BCUT2D eigenvalue weighted by Gasteiger charge is 2.56. The summed E-state index contributed by atoms with van der Waals surface area (Å²) >= 11 is 0. The second kappa shape index (κ2) is 27.2. The van der Waals surface area contributed by atoms with Gasteiger partial charge in [-0.2, -0.15) is 0 Å². The van der Waals surface area contributed by atoms with Crippen LogP contribution >= 0.6 is 0 Å². The number of esters is 4. The molecule has 0 spiro atoms. The van der Waals surface area contributed by atoms with E-state index in [4.69, 9.17) is 37.9 Å². The Kier molecular flexibility index (Phi) is 22.8. The molecule has 0 bridgehead atoms. The maximum atomic E-state index is 13.9. The number of aryl methyl sites for hydroxylation is 1. The number of likely N-dealkylation sites (N-methyl/N-ethyl adjacent to an activating group) is 1. The Morgan fingerprint density at radius 3 is 2.22 bits per heavy atom. The van der Waals surface area contributed by atoms with Crippen molar-refractivity contribution in [3.8, 4) is 0 Å². The largest absolute Gasteiger partial charge is 0.463 e. The molecule has 17 heteroatoms. The van der Waals surface area contributed by atoms with E-state index in [9.17, 15) is 29.1 Å². The molecule has 0 amide bonds. The molecule has 3 heterocycles. The Balaban J connectivity index is 1.71. The summed E-state index contributed by atoms with van der Waals surface area (Å²) in [6, 6.07) is 9.66. The minimum atomic E-state index is -1.31. The third-order valence-electron chi connectivity index (χ3n) is 13.9. The maximum Gasteiger partial charge on any atom is 0.309 e. The molecule has 1 aromatic carbocycles. The molecular weight excluding hydrogens is 879 g/mol. The first-order chi connectivity index (χ1) is 32.2. The summed E-state index contributed by atoms with van der Waals surface area (Å²) in [4.78, 5) is 66.6. The lowest BCUT2D eigenvalue weighted by Crippen LogP contribution is -2.67. The fourth-order valence-corrected chi connectivity index (χ4v) is 10.5. The Hall–Kier alpha value is -3.55. The second-order valence-electron chi connectivity index (χ2n) is 19.7. The van der Waals surface area contributed by atoms with Crippen LogP contribution in [0.1, 0.15) is 119 Å². The van der Waals surface area contributed by atoms with Gasteiger partial charge in [-0.15, -0.1) is 0 Å². The SMILES string of the molecule is CCC(=O)O[C@@H]1CC(=O)O[C@H](C)CCN(N(C)CCCc2ccccc2)CC[C@H](C)C[C@H](CC=O)[C@H]([C@@H]2O[C@H](C)[C@@H](O[C@@H]3C[C@@](C)(OC(C)=O)[C@@H](OC(=O)CC)[C@H](C)O3)[C@H](N(C)C)[C@H]2O)[C@@H]1OC. The first-order valence-corrected chi connectivity index (χ1v) is 24.8. The number of benzene rings is 1. The number of hydrogen-bond donors (Lipinski definition) is 1. The molecule has 0 unspecified atom stereocenters. The highest BCUT2D eigenvalue weighted by atomic mass is 16.7. The van der Waals surface area contributed by atoms with E-state index in [2.05, 4.69) is 48.3 Å². The normalized spacial score (nSPS) is 34.8. The van der Waals surface area contributed by atoms with Gasteiger partial charge < -0.3 is 52.7 Å². The molecule has 0 aromatic heterocycles. The fraction of sp³-hybridized carbons (Fsp3) is 0.784. The number of aldehydes is 1. The second-order valence-corrected chi connectivity index (χ2v) is 19.7. The van der Waals surface area contributed by atoms with Crippen molar-refractivity contribution < 1.29 is 67.0 Å². The molecule has 17 nitrogen and oxygen atoms in total. The van der Waals surface area contributed by atoms with Crippen molar-refractivity contribution in [2.75, 3.05) is 47.9 Å². The van der Waals surface area contributed by atoms with Crippen LogP contribution in [0.3, 0.4) is 0 Å². The number of methoxy groups -OCH3 is 1. The van der Waals surface area contributed by atoms with Crippen LogP contribution in [0.5, 0.6) is 0 Å². The lowest BCUT2D eigenvalue weighted by Gasteiger charge is -2.53. The average molecular weight is 962 g/mol. The van der Waals surface area contributed by atoms with Gasteiger partial charge >= 0.3 is 23.9 Å². The van der Waals surface area contributed by atoms with E-state index < -0.39 is 109 Å². The van der Waals surface area contributed by atoms with Gasteiger partial charge in [0.25, 0.3) is 0 Å². The number of ether oxygens (including phenoxy) is 8. The van der Waals surface area contributed by atoms with Gasteiger partial charge in [-0.25, -0.2) is 10.0 Å². The van der Waals surface area contributed by atoms with Gasteiger partial charge in [-0.3, -0.25) is 19.2 Å². The van der Waals surface area contributed by atoms with Crippen LogP contribution in [0.4, 0.5) is 0 Å². The molecule has 15 atom stereocenters. The Labute approximate surface area is 405 Å². The lowest BCUT2D eigenvalue weighted by molar-refractivity contribution is -0.319. The predicted octanol–water partition coefficient (Wildman–Crippen LogP) is 5.31. The van der Waals surface area contributed by atoms with Gasteiger partial charge in [0.05, 0.1) is 36.9 Å². The van der Waals surface area contributed by atoms with Gasteiger partial charge in [0, 0.05) is 72.3 Å². The topological polar surface area (TPSA) is 189 Å². The number of aliphatic hydroxyl groups excluding tert-OH is 1. The van der Waals surface area contributed by atoms with Gasteiger partial charge in [0.1, 0.15) is 30.7 Å². The molecule has 0 radical (unpaired) electrons. The van der Waals surface area contributed by atoms with Crippen LogP contribution in [0.25, 0.3) is 0 Å². The molecule has 3 aliphatic rings. The number of rotatable bonds is 17. The molecule has 3 aliphatic heterocycles. The van der Waals surface area contributed by atoms with Crippen molar-refractivity contribution in [1.29, 1.82) is 0 Å². The number of hydrogen-bond acceptors (Lipinski definition) is 17. The van der Waals surface area contributed by atoms with E-state index in [1.807, 2.05) is 38.9 Å². The maximum absolute atomic E-state index is 13.9. The average Bonchev–Trinajstić information content (AvgIpc) is 3.27.